The van der Waals surface area contributed by atoms with Crippen LogP contribution >= 0.6 is 0 Å². The molecule has 0 aromatic carbocycles. The van der Waals surface area contributed by atoms with E-state index in [-0.39, 0.29) is 6.03 Å². The summed E-state index contributed by atoms with van der Waals surface area (Å²) in [6, 6.07) is -0.149. The highest BCUT2D eigenvalue weighted by Crippen LogP contribution is 2.19. The molecule has 2 N–H and O–H groups in total. The molecule has 118 valence electrons. The topological polar surface area (TPSA) is 68.2 Å². The van der Waals surface area contributed by atoms with E-state index in [4.69, 9.17) is 4.74 Å². The highest BCUT2D eigenvalue weighted by molar-refractivity contribution is 5.90. The number of carbonyl (C=O) groups excluding carboxylic acids is 1. The molecule has 6 heteroatoms. The number of aromatic nitrogens is 2. The van der Waals surface area contributed by atoms with Crippen LogP contribution in [-0.2, 0) is 11.3 Å². The van der Waals surface area contributed by atoms with Gasteiger partial charge in [-0.1, -0.05) is 6.92 Å². The first kappa shape index (κ1) is 15.8. The zero-order valence-corrected chi connectivity index (χ0v) is 13.2. The van der Waals surface area contributed by atoms with Gasteiger partial charge >= 0.3 is 6.03 Å². The highest BCUT2D eigenvalue weighted by atomic mass is 16.5. The summed E-state index contributed by atoms with van der Waals surface area (Å²) in [5.74, 6) is 0.523. The minimum atomic E-state index is -0.149. The second kappa shape index (κ2) is 7.45. The number of nitrogens with zero attached hydrogens (tertiary/aromatic N) is 2. The molecule has 2 rings (SSSR count). The SMILES string of the molecule is CCCn1nc(C)c(NC(=O)NCC2CCOCC2)c1C. The van der Waals surface area contributed by atoms with Gasteiger partial charge in [0, 0.05) is 26.3 Å². The molecule has 21 heavy (non-hydrogen) atoms. The highest BCUT2D eigenvalue weighted by Gasteiger charge is 2.16. The second-order valence-corrected chi connectivity index (χ2v) is 5.66. The van der Waals surface area contributed by atoms with E-state index in [0.29, 0.717) is 12.5 Å². The average molecular weight is 294 g/mol. The summed E-state index contributed by atoms with van der Waals surface area (Å²) in [6.07, 6.45) is 3.07. The molecule has 2 heterocycles. The number of amides is 2. The Hall–Kier alpha value is -1.56. The molecule has 1 aromatic heterocycles. The maximum atomic E-state index is 12.0. The molecule has 6 nitrogen and oxygen atoms in total. The molecule has 2 amide bonds. The van der Waals surface area contributed by atoms with Crippen molar-refractivity contribution >= 4 is 11.7 Å². The largest absolute Gasteiger partial charge is 0.381 e. The fourth-order valence-electron chi connectivity index (χ4n) is 2.65. The fraction of sp³-hybridized carbons (Fsp3) is 0.733. The minimum absolute atomic E-state index is 0.149. The summed E-state index contributed by atoms with van der Waals surface area (Å²) >= 11 is 0. The summed E-state index contributed by atoms with van der Waals surface area (Å²) in [4.78, 5) is 12.0. The van der Waals surface area contributed by atoms with Crippen molar-refractivity contribution in [2.45, 2.75) is 46.6 Å². The molecule has 0 radical (unpaired) electrons. The van der Waals surface area contributed by atoms with Crippen molar-refractivity contribution in [3.05, 3.63) is 11.4 Å². The Morgan fingerprint density at radius 2 is 2.10 bits per heavy atom. The van der Waals surface area contributed by atoms with Crippen molar-refractivity contribution in [3.8, 4) is 0 Å². The van der Waals surface area contributed by atoms with Crippen LogP contribution in [0.5, 0.6) is 0 Å². The number of carbonyl (C=O) groups is 1. The van der Waals surface area contributed by atoms with E-state index in [2.05, 4.69) is 22.7 Å². The van der Waals surface area contributed by atoms with E-state index in [9.17, 15) is 4.79 Å². The number of ether oxygens (including phenoxy) is 1. The molecule has 0 saturated carbocycles. The van der Waals surface area contributed by atoms with Gasteiger partial charge in [-0.3, -0.25) is 4.68 Å². The average Bonchev–Trinajstić information content (AvgIpc) is 2.74. The number of anilines is 1. The molecule has 1 aliphatic heterocycles. The van der Waals surface area contributed by atoms with E-state index in [1.54, 1.807) is 0 Å². The molecule has 0 aliphatic carbocycles. The zero-order valence-electron chi connectivity index (χ0n) is 13.2. The lowest BCUT2D eigenvalue weighted by Gasteiger charge is -2.22. The molecular weight excluding hydrogens is 268 g/mol. The molecule has 0 atom stereocenters. The van der Waals surface area contributed by atoms with Crippen molar-refractivity contribution in [2.24, 2.45) is 5.92 Å². The minimum Gasteiger partial charge on any atom is -0.381 e. The molecule has 0 bridgehead atoms. The van der Waals surface area contributed by atoms with E-state index in [1.165, 1.54) is 0 Å². The van der Waals surface area contributed by atoms with Crippen LogP contribution in [0.1, 0.15) is 37.6 Å². The number of aryl methyl sites for hydroxylation is 2. The monoisotopic (exact) mass is 294 g/mol. The Kier molecular flexibility index (Phi) is 5.61. The molecule has 1 saturated heterocycles. The van der Waals surface area contributed by atoms with Gasteiger partial charge < -0.3 is 15.4 Å². The third-order valence-corrected chi connectivity index (χ3v) is 3.95. The van der Waals surface area contributed by atoms with Crippen molar-refractivity contribution < 1.29 is 9.53 Å². The lowest BCUT2D eigenvalue weighted by molar-refractivity contribution is 0.0671. The second-order valence-electron chi connectivity index (χ2n) is 5.66. The molecule has 1 fully saturated rings. The fourth-order valence-corrected chi connectivity index (χ4v) is 2.65. The predicted molar refractivity (Wildman–Crippen MR) is 82.6 cm³/mol. The van der Waals surface area contributed by atoms with Crippen LogP contribution in [0, 0.1) is 19.8 Å². The summed E-state index contributed by atoms with van der Waals surface area (Å²) in [7, 11) is 0. The summed E-state index contributed by atoms with van der Waals surface area (Å²) < 4.78 is 7.27. The van der Waals surface area contributed by atoms with Crippen LogP contribution < -0.4 is 10.6 Å². The maximum Gasteiger partial charge on any atom is 0.319 e. The lowest BCUT2D eigenvalue weighted by atomic mass is 10.0. The molecular formula is C15H26N4O2. The van der Waals surface area contributed by atoms with Crippen molar-refractivity contribution in [2.75, 3.05) is 25.1 Å². The summed E-state index contributed by atoms with van der Waals surface area (Å²) in [5, 5.41) is 10.3. The Balaban J connectivity index is 1.87. The number of nitrogens with one attached hydrogen (secondary N) is 2. The van der Waals surface area contributed by atoms with Crippen LogP contribution in [0.4, 0.5) is 10.5 Å². The van der Waals surface area contributed by atoms with Crippen LogP contribution in [0.25, 0.3) is 0 Å². The van der Waals surface area contributed by atoms with Crippen molar-refractivity contribution in [1.82, 2.24) is 15.1 Å². The predicted octanol–water partition coefficient (Wildman–Crippen LogP) is 2.46. The Labute approximate surface area is 126 Å². The van der Waals surface area contributed by atoms with Crippen molar-refractivity contribution in [3.63, 3.8) is 0 Å². The van der Waals surface area contributed by atoms with Crippen LogP contribution in [-0.4, -0.2) is 35.6 Å². The van der Waals surface area contributed by atoms with E-state index in [1.807, 2.05) is 18.5 Å². The van der Waals surface area contributed by atoms with Gasteiger partial charge in [-0.05, 0) is 39.0 Å². The Bertz CT molecular complexity index is 478. The quantitative estimate of drug-likeness (QED) is 0.876. The molecule has 0 unspecified atom stereocenters. The van der Waals surface area contributed by atoms with Gasteiger partial charge in [-0.25, -0.2) is 4.79 Å². The number of urea groups is 1. The summed E-state index contributed by atoms with van der Waals surface area (Å²) in [6.45, 7) is 9.21. The maximum absolute atomic E-state index is 12.0. The van der Waals surface area contributed by atoms with Gasteiger partial charge in [0.15, 0.2) is 0 Å². The van der Waals surface area contributed by atoms with Gasteiger partial charge in [0.2, 0.25) is 0 Å². The van der Waals surface area contributed by atoms with Crippen LogP contribution in [0.3, 0.4) is 0 Å². The van der Waals surface area contributed by atoms with Gasteiger partial charge in [-0.15, -0.1) is 0 Å². The first-order valence-electron chi connectivity index (χ1n) is 7.78. The molecule has 1 aliphatic rings. The lowest BCUT2D eigenvalue weighted by Crippen LogP contribution is -2.35. The Morgan fingerprint density at radius 1 is 1.38 bits per heavy atom. The first-order valence-corrected chi connectivity index (χ1v) is 7.78. The third kappa shape index (κ3) is 4.20. The number of hydrogen-bond donors (Lipinski definition) is 2. The number of rotatable bonds is 5. The normalized spacial score (nSPS) is 16.0. The van der Waals surface area contributed by atoms with E-state index in [0.717, 1.165) is 56.1 Å². The van der Waals surface area contributed by atoms with E-state index >= 15 is 0 Å². The van der Waals surface area contributed by atoms with Crippen LogP contribution in [0.2, 0.25) is 0 Å². The van der Waals surface area contributed by atoms with Gasteiger partial charge in [0.1, 0.15) is 0 Å². The van der Waals surface area contributed by atoms with Gasteiger partial charge in [0.25, 0.3) is 0 Å². The van der Waals surface area contributed by atoms with Gasteiger partial charge in [-0.2, -0.15) is 5.10 Å². The smallest absolute Gasteiger partial charge is 0.319 e. The van der Waals surface area contributed by atoms with Crippen molar-refractivity contribution in [1.29, 1.82) is 0 Å². The Morgan fingerprint density at radius 3 is 2.76 bits per heavy atom. The van der Waals surface area contributed by atoms with Gasteiger partial charge in [0.05, 0.1) is 17.1 Å². The van der Waals surface area contributed by atoms with E-state index < -0.39 is 0 Å². The standard InChI is InChI=1S/C15H26N4O2/c1-4-7-19-12(3)14(11(2)18-19)17-15(20)16-10-13-5-8-21-9-6-13/h13H,4-10H2,1-3H3,(H2,16,17,20). The number of hydrogen-bond acceptors (Lipinski definition) is 3. The summed E-state index contributed by atoms with van der Waals surface area (Å²) in [5.41, 5.74) is 2.70. The molecule has 0 spiro atoms. The zero-order chi connectivity index (χ0) is 15.2. The first-order chi connectivity index (χ1) is 10.1. The van der Waals surface area contributed by atoms with Crippen LogP contribution in [0.15, 0.2) is 0 Å². The third-order valence-electron chi connectivity index (χ3n) is 3.95. The molecule has 1 aromatic rings.